The largest absolute Gasteiger partial charge is 2.00 e. The predicted molar refractivity (Wildman–Crippen MR) is 181 cm³/mol. The van der Waals surface area contributed by atoms with Gasteiger partial charge in [0, 0.05) is 47.6 Å². The van der Waals surface area contributed by atoms with Gasteiger partial charge in [0.25, 0.3) is 0 Å². The van der Waals surface area contributed by atoms with Crippen molar-refractivity contribution in [2.75, 3.05) is 0 Å². The fourth-order valence-corrected chi connectivity index (χ4v) is 5.76. The fraction of sp³-hybridized carbons (Fsp3) is 0. The number of hydrogen-bond donors (Lipinski definition) is 0. The fourth-order valence-electron chi connectivity index (χ4n) is 4.21. The number of pyridine rings is 4. The molecule has 8 heteroatoms. The van der Waals surface area contributed by atoms with Crippen LogP contribution in [0, 0.1) is 24.3 Å². The summed E-state index contributed by atoms with van der Waals surface area (Å²) in [6.07, 6.45) is 7.15. The smallest absolute Gasteiger partial charge is 0.355 e. The molecule has 0 saturated heterocycles. The first-order valence-corrected chi connectivity index (χ1v) is 15.5. The first-order chi connectivity index (χ1) is 21.8. The summed E-state index contributed by atoms with van der Waals surface area (Å²) in [5, 5.41) is 5.08. The number of nitrogens with zero attached hydrogens (tertiary/aromatic N) is 4. The standard InChI is InChI=1S/2C16H11N2.C6H2S2.2Pt/c2*1-3-10-17-15(8-1)13-6-5-7-14(12-13)16-9-2-4-11-18-16;1-3-7-6-5(1)2-4-8-6;;/h2*1-11H;3-4H;;/q2*-1;-2;2*+2. The monoisotopic (exact) mass is 990 g/mol. The van der Waals surface area contributed by atoms with Crippen LogP contribution in [0.1, 0.15) is 0 Å². The van der Waals surface area contributed by atoms with Crippen molar-refractivity contribution in [2.45, 2.75) is 0 Å². The van der Waals surface area contributed by atoms with Crippen LogP contribution in [-0.2, 0) is 42.1 Å². The molecular weight excluding hydrogens is 967 g/mol. The van der Waals surface area contributed by atoms with Crippen LogP contribution in [0.25, 0.3) is 54.4 Å². The minimum absolute atomic E-state index is 0. The van der Waals surface area contributed by atoms with Crippen molar-refractivity contribution in [3.8, 4) is 45.0 Å². The van der Waals surface area contributed by atoms with Crippen molar-refractivity contribution >= 4 is 32.1 Å². The maximum atomic E-state index is 4.33. The molecule has 0 unspecified atom stereocenters. The predicted octanol–water partition coefficient (Wildman–Crippen LogP) is 9.78. The molecule has 0 aliphatic heterocycles. The van der Waals surface area contributed by atoms with E-state index in [4.69, 9.17) is 0 Å². The molecule has 0 amide bonds. The molecule has 0 N–H and O–H groups in total. The summed E-state index contributed by atoms with van der Waals surface area (Å²) in [4.78, 5) is 17.3. The van der Waals surface area contributed by atoms with E-state index in [-0.39, 0.29) is 42.1 Å². The van der Waals surface area contributed by atoms with Gasteiger partial charge in [-0.25, -0.2) is 0 Å². The van der Waals surface area contributed by atoms with Gasteiger partial charge in [0.15, 0.2) is 0 Å². The van der Waals surface area contributed by atoms with Gasteiger partial charge in [-0.15, -0.1) is 52.5 Å². The minimum Gasteiger partial charge on any atom is -0.355 e. The summed E-state index contributed by atoms with van der Waals surface area (Å²) in [6.45, 7) is 0. The molecule has 0 aliphatic carbocycles. The molecule has 2 aromatic carbocycles. The molecule has 0 bridgehead atoms. The van der Waals surface area contributed by atoms with Gasteiger partial charge >= 0.3 is 42.1 Å². The number of fused-ring (bicyclic) bond motifs is 1. The zero-order valence-electron chi connectivity index (χ0n) is 24.1. The Morgan fingerprint density at radius 2 is 0.717 bits per heavy atom. The topological polar surface area (TPSA) is 51.6 Å². The summed E-state index contributed by atoms with van der Waals surface area (Å²) < 4.78 is 1.32. The van der Waals surface area contributed by atoms with Gasteiger partial charge in [0.05, 0.1) is 0 Å². The van der Waals surface area contributed by atoms with Gasteiger partial charge in [-0.2, -0.15) is 10.8 Å². The molecule has 8 aromatic rings. The van der Waals surface area contributed by atoms with Crippen LogP contribution in [0.3, 0.4) is 0 Å². The quantitative estimate of drug-likeness (QED) is 0.165. The van der Waals surface area contributed by atoms with E-state index in [0.29, 0.717) is 0 Å². The second kappa shape index (κ2) is 18.3. The number of benzene rings is 2. The van der Waals surface area contributed by atoms with Crippen molar-refractivity contribution in [1.29, 1.82) is 0 Å². The number of thiophene rings is 2. The summed E-state index contributed by atoms with van der Waals surface area (Å²) in [5.41, 5.74) is 7.64. The van der Waals surface area contributed by atoms with Gasteiger partial charge in [0.1, 0.15) is 0 Å². The second-order valence-corrected chi connectivity index (χ2v) is 11.3. The third kappa shape index (κ3) is 9.54. The Kier molecular flexibility index (Phi) is 13.9. The van der Waals surface area contributed by atoms with Gasteiger partial charge in [-0.1, -0.05) is 70.8 Å². The Morgan fingerprint density at radius 1 is 0.391 bits per heavy atom. The third-order valence-electron chi connectivity index (χ3n) is 6.30. The van der Waals surface area contributed by atoms with E-state index in [1.54, 1.807) is 47.5 Å². The third-order valence-corrected chi connectivity index (χ3v) is 8.18. The number of hydrogen-bond acceptors (Lipinski definition) is 6. The SMILES string of the molecule is [Pt+2].[Pt+2].[c-]1c(-c2ccccn2)cccc1-c1ccccn1.[c-]1c(-c2ccccn2)cccc1-c1ccccn1.[c-]1csc2sc[c-]c12. The average molecular weight is 991 g/mol. The van der Waals surface area contributed by atoms with E-state index in [9.17, 15) is 0 Å². The molecule has 6 heterocycles. The molecule has 0 radical (unpaired) electrons. The molecule has 4 nitrogen and oxygen atoms in total. The maximum absolute atomic E-state index is 4.33. The number of rotatable bonds is 4. The van der Waals surface area contributed by atoms with Gasteiger partial charge < -0.3 is 17.5 Å². The zero-order valence-corrected chi connectivity index (χ0v) is 30.3. The van der Waals surface area contributed by atoms with Crippen molar-refractivity contribution in [3.05, 3.63) is 169 Å². The Bertz CT molecular complexity index is 1740. The average Bonchev–Trinajstić information content (AvgIpc) is 3.77. The summed E-state index contributed by atoms with van der Waals surface area (Å²) in [7, 11) is 0. The molecule has 46 heavy (non-hydrogen) atoms. The van der Waals surface area contributed by atoms with Crippen molar-refractivity contribution in [3.63, 3.8) is 0 Å². The first-order valence-electron chi connectivity index (χ1n) is 13.8. The zero-order chi connectivity index (χ0) is 29.8. The van der Waals surface area contributed by atoms with E-state index < -0.39 is 0 Å². The molecular formula is C38H24N4Pt2S2. The van der Waals surface area contributed by atoms with Gasteiger partial charge in [-0.05, 0) is 24.3 Å². The Labute approximate surface area is 305 Å². The Balaban J connectivity index is 0.000000163. The molecule has 0 aliphatic rings. The summed E-state index contributed by atoms with van der Waals surface area (Å²) >= 11 is 3.45. The molecule has 8 rings (SSSR count). The van der Waals surface area contributed by atoms with Crippen molar-refractivity contribution < 1.29 is 42.1 Å². The molecule has 6 aromatic heterocycles. The Hall–Kier alpha value is -3.92. The summed E-state index contributed by atoms with van der Waals surface area (Å²) in [5.74, 6) is 0. The van der Waals surface area contributed by atoms with E-state index in [1.807, 2.05) is 120 Å². The van der Waals surface area contributed by atoms with Crippen molar-refractivity contribution in [2.24, 2.45) is 0 Å². The van der Waals surface area contributed by atoms with E-state index in [2.05, 4.69) is 44.2 Å². The summed E-state index contributed by atoms with van der Waals surface area (Å²) in [6, 6.07) is 48.4. The Morgan fingerprint density at radius 3 is 0.978 bits per heavy atom. The maximum Gasteiger partial charge on any atom is 2.00 e. The van der Waals surface area contributed by atoms with Crippen LogP contribution in [0.2, 0.25) is 0 Å². The van der Waals surface area contributed by atoms with Gasteiger partial charge in [-0.3, -0.25) is 42.6 Å². The van der Waals surface area contributed by atoms with Crippen LogP contribution in [0.5, 0.6) is 0 Å². The molecule has 0 fully saturated rings. The van der Waals surface area contributed by atoms with Crippen LogP contribution in [-0.4, -0.2) is 19.9 Å². The van der Waals surface area contributed by atoms with Crippen LogP contribution in [0.4, 0.5) is 0 Å². The molecule has 0 saturated carbocycles. The number of aromatic nitrogens is 4. The van der Waals surface area contributed by atoms with E-state index in [0.717, 1.165) is 50.4 Å². The molecule has 0 atom stereocenters. The van der Waals surface area contributed by atoms with Crippen molar-refractivity contribution in [1.82, 2.24) is 19.9 Å². The van der Waals surface area contributed by atoms with Crippen LogP contribution in [0.15, 0.2) is 145 Å². The van der Waals surface area contributed by atoms with E-state index in [1.165, 1.54) is 4.01 Å². The van der Waals surface area contributed by atoms with Crippen LogP contribution < -0.4 is 0 Å². The van der Waals surface area contributed by atoms with Crippen LogP contribution >= 0.6 is 22.7 Å². The normalized spacial score (nSPS) is 9.83. The van der Waals surface area contributed by atoms with E-state index >= 15 is 0 Å². The molecule has 228 valence electrons. The first kappa shape index (κ1) is 34.9. The molecule has 0 spiro atoms. The second-order valence-electron chi connectivity index (χ2n) is 9.24. The minimum atomic E-state index is 0. The van der Waals surface area contributed by atoms with Gasteiger partial charge in [0.2, 0.25) is 0 Å².